The van der Waals surface area contributed by atoms with Crippen LogP contribution in [0.2, 0.25) is 0 Å². The van der Waals surface area contributed by atoms with E-state index in [9.17, 15) is 9.59 Å². The molecule has 0 fully saturated rings. The molecule has 200 valence electrons. The van der Waals surface area contributed by atoms with Crippen LogP contribution in [0.5, 0.6) is 17.2 Å². The first-order chi connectivity index (χ1) is 18.3. The first-order valence-corrected chi connectivity index (χ1v) is 13.2. The zero-order valence-electron chi connectivity index (χ0n) is 22.4. The molecule has 9 heteroatoms. The number of carbonyl (C=O) groups is 1. The SMILES string of the molecule is CCOc1ccc(C2C(C(=O)OCC(C)C)=C(C)N=c3s/c(=C\c4ccc(OC)c(OC)c4)c(=O)n32)cc1. The molecule has 0 N–H and O–H groups in total. The van der Waals surface area contributed by atoms with Crippen LogP contribution in [0.4, 0.5) is 0 Å². The van der Waals surface area contributed by atoms with Crippen LogP contribution in [0.3, 0.4) is 0 Å². The average molecular weight is 537 g/mol. The zero-order chi connectivity index (χ0) is 27.4. The molecule has 38 heavy (non-hydrogen) atoms. The number of methoxy groups -OCH3 is 2. The van der Waals surface area contributed by atoms with Gasteiger partial charge in [-0.05, 0) is 61.2 Å². The second kappa shape index (κ2) is 11.7. The molecule has 2 aromatic carbocycles. The topological polar surface area (TPSA) is 88.4 Å². The van der Waals surface area contributed by atoms with Crippen molar-refractivity contribution in [1.82, 2.24) is 4.57 Å². The van der Waals surface area contributed by atoms with Gasteiger partial charge in [0.25, 0.3) is 5.56 Å². The Morgan fingerprint density at radius 1 is 1.11 bits per heavy atom. The van der Waals surface area contributed by atoms with E-state index in [2.05, 4.69) is 4.99 Å². The molecule has 0 saturated heterocycles. The van der Waals surface area contributed by atoms with Gasteiger partial charge in [0.05, 0.1) is 49.3 Å². The normalized spacial score (nSPS) is 15.2. The summed E-state index contributed by atoms with van der Waals surface area (Å²) in [4.78, 5) is 32.3. The molecule has 2 heterocycles. The van der Waals surface area contributed by atoms with Crippen LogP contribution in [0, 0.1) is 5.92 Å². The first kappa shape index (κ1) is 27.2. The number of fused-ring (bicyclic) bond motifs is 1. The van der Waals surface area contributed by atoms with E-state index in [1.165, 1.54) is 11.3 Å². The van der Waals surface area contributed by atoms with Gasteiger partial charge in [-0.1, -0.05) is 43.4 Å². The molecule has 1 unspecified atom stereocenters. The third-order valence-electron chi connectivity index (χ3n) is 6.00. The molecule has 8 nitrogen and oxygen atoms in total. The lowest BCUT2D eigenvalue weighted by molar-refractivity contribution is -0.140. The van der Waals surface area contributed by atoms with Crippen LogP contribution in [-0.2, 0) is 9.53 Å². The Bertz CT molecular complexity index is 1530. The number of benzene rings is 2. The molecular formula is C29H32N2O6S. The van der Waals surface area contributed by atoms with E-state index in [1.807, 2.05) is 51.1 Å². The fourth-order valence-corrected chi connectivity index (χ4v) is 5.27. The van der Waals surface area contributed by atoms with Gasteiger partial charge in [-0.2, -0.15) is 0 Å². The van der Waals surface area contributed by atoms with Crippen molar-refractivity contribution in [2.24, 2.45) is 10.9 Å². The third kappa shape index (κ3) is 5.52. The van der Waals surface area contributed by atoms with Gasteiger partial charge in [0.1, 0.15) is 5.75 Å². The fraction of sp³-hybridized carbons (Fsp3) is 0.345. The molecule has 1 aliphatic heterocycles. The Kier molecular flexibility index (Phi) is 8.36. The summed E-state index contributed by atoms with van der Waals surface area (Å²) in [6, 6.07) is 12.2. The maximum atomic E-state index is 13.8. The lowest BCUT2D eigenvalue weighted by atomic mass is 9.96. The summed E-state index contributed by atoms with van der Waals surface area (Å²) in [6.07, 6.45) is 1.79. The highest BCUT2D eigenvalue weighted by molar-refractivity contribution is 7.07. The Morgan fingerprint density at radius 2 is 1.82 bits per heavy atom. The predicted molar refractivity (Wildman–Crippen MR) is 147 cm³/mol. The minimum absolute atomic E-state index is 0.173. The number of nitrogens with zero attached hydrogens (tertiary/aromatic N) is 2. The van der Waals surface area contributed by atoms with E-state index >= 15 is 0 Å². The van der Waals surface area contributed by atoms with Crippen molar-refractivity contribution in [2.75, 3.05) is 27.4 Å². The fourth-order valence-electron chi connectivity index (χ4n) is 4.23. The third-order valence-corrected chi connectivity index (χ3v) is 6.98. The predicted octanol–water partition coefficient (Wildman–Crippen LogP) is 3.85. The van der Waals surface area contributed by atoms with Crippen molar-refractivity contribution in [3.63, 3.8) is 0 Å². The molecule has 0 spiro atoms. The summed E-state index contributed by atoms with van der Waals surface area (Å²) in [5.74, 6) is 1.57. The van der Waals surface area contributed by atoms with E-state index in [0.717, 1.165) is 11.1 Å². The van der Waals surface area contributed by atoms with E-state index in [1.54, 1.807) is 43.9 Å². The van der Waals surface area contributed by atoms with E-state index in [-0.39, 0.29) is 18.1 Å². The highest BCUT2D eigenvalue weighted by Crippen LogP contribution is 2.32. The maximum absolute atomic E-state index is 13.8. The van der Waals surface area contributed by atoms with Gasteiger partial charge in [0.2, 0.25) is 0 Å². The van der Waals surface area contributed by atoms with Gasteiger partial charge in [-0.15, -0.1) is 0 Å². The minimum Gasteiger partial charge on any atom is -0.494 e. The Hall–Kier alpha value is -3.85. The average Bonchev–Trinajstić information content (AvgIpc) is 3.21. The van der Waals surface area contributed by atoms with E-state index < -0.39 is 12.0 Å². The molecule has 0 radical (unpaired) electrons. The van der Waals surface area contributed by atoms with Crippen LogP contribution >= 0.6 is 11.3 Å². The molecule has 0 aliphatic carbocycles. The molecular weight excluding hydrogens is 504 g/mol. The standard InChI is InChI=1S/C29H32N2O6S/c1-7-36-21-11-9-20(10-12-21)26-25(28(33)37-16-17(2)3)18(4)30-29-31(26)27(32)24(38-29)15-19-8-13-22(34-5)23(14-19)35-6/h8-15,17,26H,7,16H2,1-6H3/b24-15-. The van der Waals surface area contributed by atoms with Crippen LogP contribution in [0.25, 0.3) is 6.08 Å². The van der Waals surface area contributed by atoms with Gasteiger partial charge in [0, 0.05) is 0 Å². The summed E-state index contributed by atoms with van der Waals surface area (Å²) >= 11 is 1.27. The van der Waals surface area contributed by atoms with Crippen molar-refractivity contribution < 1.29 is 23.7 Å². The number of carbonyl (C=O) groups excluding carboxylic acids is 1. The van der Waals surface area contributed by atoms with Gasteiger partial charge < -0.3 is 18.9 Å². The summed E-state index contributed by atoms with van der Waals surface area (Å²) in [7, 11) is 3.14. The second-order valence-electron chi connectivity index (χ2n) is 9.19. The summed E-state index contributed by atoms with van der Waals surface area (Å²) in [5, 5.41) is 0. The Balaban J connectivity index is 1.87. The Morgan fingerprint density at radius 3 is 2.45 bits per heavy atom. The number of thiazole rings is 1. The molecule has 1 aliphatic rings. The van der Waals surface area contributed by atoms with Crippen molar-refractivity contribution >= 4 is 23.4 Å². The zero-order valence-corrected chi connectivity index (χ0v) is 23.3. The first-order valence-electron chi connectivity index (χ1n) is 12.4. The molecule has 1 atom stereocenters. The smallest absolute Gasteiger partial charge is 0.338 e. The number of rotatable bonds is 9. The van der Waals surface area contributed by atoms with Gasteiger partial charge in [-0.25, -0.2) is 9.79 Å². The summed E-state index contributed by atoms with van der Waals surface area (Å²) < 4.78 is 24.0. The molecule has 4 rings (SSSR count). The van der Waals surface area contributed by atoms with Gasteiger partial charge in [-0.3, -0.25) is 9.36 Å². The number of hydrogen-bond donors (Lipinski definition) is 0. The van der Waals surface area contributed by atoms with Crippen molar-refractivity contribution in [2.45, 2.75) is 33.7 Å². The minimum atomic E-state index is -0.686. The van der Waals surface area contributed by atoms with Crippen molar-refractivity contribution in [3.8, 4) is 17.2 Å². The molecule has 0 amide bonds. The Labute approximate surface area is 225 Å². The largest absolute Gasteiger partial charge is 0.494 e. The van der Waals surface area contributed by atoms with Gasteiger partial charge >= 0.3 is 5.97 Å². The molecule has 1 aromatic heterocycles. The van der Waals surface area contributed by atoms with Crippen LogP contribution < -0.4 is 29.1 Å². The van der Waals surface area contributed by atoms with Gasteiger partial charge in [0.15, 0.2) is 16.3 Å². The number of esters is 1. The molecule has 0 saturated carbocycles. The van der Waals surface area contributed by atoms with Crippen LogP contribution in [-0.4, -0.2) is 38.0 Å². The highest BCUT2D eigenvalue weighted by Gasteiger charge is 2.33. The quantitative estimate of drug-likeness (QED) is 0.386. The number of allylic oxidation sites excluding steroid dienone is 1. The van der Waals surface area contributed by atoms with Crippen molar-refractivity contribution in [1.29, 1.82) is 0 Å². The summed E-state index contributed by atoms with van der Waals surface area (Å²) in [6.45, 7) is 8.45. The molecule has 3 aromatic rings. The number of hydrogen-bond acceptors (Lipinski definition) is 8. The lowest BCUT2D eigenvalue weighted by Crippen LogP contribution is -2.40. The summed E-state index contributed by atoms with van der Waals surface area (Å²) in [5.41, 5.74) is 2.16. The van der Waals surface area contributed by atoms with Crippen LogP contribution in [0.1, 0.15) is 44.9 Å². The van der Waals surface area contributed by atoms with Crippen molar-refractivity contribution in [3.05, 3.63) is 84.5 Å². The maximum Gasteiger partial charge on any atom is 0.338 e. The molecule has 0 bridgehead atoms. The number of aromatic nitrogens is 1. The monoisotopic (exact) mass is 536 g/mol. The highest BCUT2D eigenvalue weighted by atomic mass is 32.1. The van der Waals surface area contributed by atoms with E-state index in [4.69, 9.17) is 18.9 Å². The second-order valence-corrected chi connectivity index (χ2v) is 10.2. The lowest BCUT2D eigenvalue weighted by Gasteiger charge is -2.25. The van der Waals surface area contributed by atoms with E-state index in [0.29, 0.717) is 44.5 Å². The number of ether oxygens (including phenoxy) is 4. The van der Waals surface area contributed by atoms with Crippen LogP contribution in [0.15, 0.2) is 63.5 Å².